The van der Waals surface area contributed by atoms with Crippen LogP contribution in [0.3, 0.4) is 0 Å². The number of nitrogens with one attached hydrogen (secondary N) is 1. The third-order valence-electron chi connectivity index (χ3n) is 4.27. The molecule has 2 aromatic rings. The van der Waals surface area contributed by atoms with Crippen molar-refractivity contribution in [3.05, 3.63) is 53.6 Å². The van der Waals surface area contributed by atoms with E-state index in [0.717, 1.165) is 9.87 Å². The Bertz CT molecular complexity index is 941. The summed E-state index contributed by atoms with van der Waals surface area (Å²) in [4.78, 5) is 12.4. The Morgan fingerprint density at radius 1 is 1.14 bits per heavy atom. The second kappa shape index (κ2) is 9.07. The molecule has 0 bridgehead atoms. The van der Waals surface area contributed by atoms with Crippen molar-refractivity contribution in [1.82, 2.24) is 9.62 Å². The zero-order valence-electron chi connectivity index (χ0n) is 16.7. The molecule has 7 nitrogen and oxygen atoms in total. The van der Waals surface area contributed by atoms with E-state index in [0.29, 0.717) is 17.1 Å². The number of methoxy groups -OCH3 is 1. The average Bonchev–Trinajstić information content (AvgIpc) is 2.66. The first-order valence-corrected chi connectivity index (χ1v) is 10.2. The number of benzene rings is 2. The highest BCUT2D eigenvalue weighted by atomic mass is 32.2. The number of amides is 1. The summed E-state index contributed by atoms with van der Waals surface area (Å²) in [5.74, 6) is 0.866. The molecule has 2 rings (SSSR count). The van der Waals surface area contributed by atoms with E-state index >= 15 is 0 Å². The van der Waals surface area contributed by atoms with Crippen LogP contribution in [0.2, 0.25) is 0 Å². The van der Waals surface area contributed by atoms with Crippen molar-refractivity contribution >= 4 is 15.9 Å². The van der Waals surface area contributed by atoms with Crippen molar-refractivity contribution in [2.24, 2.45) is 0 Å². The third kappa shape index (κ3) is 5.02. The molecule has 2 aromatic carbocycles. The summed E-state index contributed by atoms with van der Waals surface area (Å²) < 4.78 is 36.4. The Morgan fingerprint density at radius 3 is 2.43 bits per heavy atom. The number of hydrogen-bond donors (Lipinski definition) is 1. The molecule has 152 valence electrons. The quantitative estimate of drug-likeness (QED) is 0.728. The van der Waals surface area contributed by atoms with E-state index in [1.54, 1.807) is 20.1 Å². The van der Waals surface area contributed by atoms with Gasteiger partial charge in [-0.25, -0.2) is 12.7 Å². The monoisotopic (exact) mass is 406 g/mol. The number of aryl methyl sites for hydroxylation is 1. The Kier molecular flexibility index (Phi) is 7.04. The maximum Gasteiger partial charge on any atom is 0.258 e. The summed E-state index contributed by atoms with van der Waals surface area (Å²) in [6.07, 6.45) is 0. The standard InChI is InChI=1S/C20H26N2O5S/c1-14-12-16(28(24,25)22(3)4)10-11-18(14)27-13-20(23)21-15(2)17-8-6-7-9-19(17)26-5/h6-12,15H,13H2,1-5H3,(H,21,23). The van der Waals surface area contributed by atoms with E-state index in [1.165, 1.54) is 26.2 Å². The highest BCUT2D eigenvalue weighted by Crippen LogP contribution is 2.25. The van der Waals surface area contributed by atoms with Gasteiger partial charge in [0.25, 0.3) is 5.91 Å². The molecule has 0 heterocycles. The molecular weight excluding hydrogens is 380 g/mol. The van der Waals surface area contributed by atoms with Gasteiger partial charge in [0.1, 0.15) is 11.5 Å². The maximum absolute atomic E-state index is 12.2. The van der Waals surface area contributed by atoms with Gasteiger partial charge < -0.3 is 14.8 Å². The van der Waals surface area contributed by atoms with Gasteiger partial charge >= 0.3 is 0 Å². The van der Waals surface area contributed by atoms with E-state index in [-0.39, 0.29) is 23.5 Å². The molecule has 0 aliphatic rings. The summed E-state index contributed by atoms with van der Waals surface area (Å²) in [5, 5.41) is 2.86. The van der Waals surface area contributed by atoms with Gasteiger partial charge in [-0.15, -0.1) is 0 Å². The largest absolute Gasteiger partial charge is 0.496 e. The van der Waals surface area contributed by atoms with Crippen LogP contribution in [0.25, 0.3) is 0 Å². The summed E-state index contributed by atoms with van der Waals surface area (Å²) in [5.41, 5.74) is 1.50. The molecule has 0 aliphatic carbocycles. The van der Waals surface area contributed by atoms with Crippen molar-refractivity contribution in [1.29, 1.82) is 0 Å². The lowest BCUT2D eigenvalue weighted by Crippen LogP contribution is -2.31. The molecule has 0 saturated carbocycles. The first kappa shape index (κ1) is 21.7. The number of sulfonamides is 1. The fourth-order valence-corrected chi connectivity index (χ4v) is 3.67. The van der Waals surface area contributed by atoms with Gasteiger partial charge in [-0.2, -0.15) is 0 Å². The summed E-state index contributed by atoms with van der Waals surface area (Å²) in [6, 6.07) is 11.8. The number of rotatable bonds is 8. The number of carbonyl (C=O) groups is 1. The number of para-hydroxylation sites is 1. The number of carbonyl (C=O) groups excluding carboxylic acids is 1. The van der Waals surface area contributed by atoms with Gasteiger partial charge in [-0.05, 0) is 43.7 Å². The minimum absolute atomic E-state index is 0.177. The lowest BCUT2D eigenvalue weighted by molar-refractivity contribution is -0.123. The predicted molar refractivity (Wildman–Crippen MR) is 107 cm³/mol. The fraction of sp³-hybridized carbons (Fsp3) is 0.350. The van der Waals surface area contributed by atoms with Crippen LogP contribution in [0.5, 0.6) is 11.5 Å². The summed E-state index contributed by atoms with van der Waals surface area (Å²) in [6.45, 7) is 3.42. The van der Waals surface area contributed by atoms with Crippen LogP contribution in [-0.2, 0) is 14.8 Å². The van der Waals surface area contributed by atoms with Crippen LogP contribution < -0.4 is 14.8 Å². The van der Waals surface area contributed by atoms with Crippen LogP contribution in [0.15, 0.2) is 47.4 Å². The third-order valence-corrected chi connectivity index (χ3v) is 6.08. The lowest BCUT2D eigenvalue weighted by atomic mass is 10.1. The smallest absolute Gasteiger partial charge is 0.258 e. The average molecular weight is 407 g/mol. The molecule has 0 aliphatic heterocycles. The van der Waals surface area contributed by atoms with Gasteiger partial charge in [-0.3, -0.25) is 4.79 Å². The molecular formula is C20H26N2O5S. The van der Waals surface area contributed by atoms with E-state index in [2.05, 4.69) is 5.32 Å². The van der Waals surface area contributed by atoms with E-state index in [1.807, 2.05) is 31.2 Å². The van der Waals surface area contributed by atoms with Crippen molar-refractivity contribution in [2.45, 2.75) is 24.8 Å². The lowest BCUT2D eigenvalue weighted by Gasteiger charge is -2.18. The SMILES string of the molecule is COc1ccccc1C(C)NC(=O)COc1ccc(S(=O)(=O)N(C)C)cc1C. The number of nitrogens with zero attached hydrogens (tertiary/aromatic N) is 1. The van der Waals surface area contributed by atoms with Gasteiger partial charge in [0, 0.05) is 19.7 Å². The Labute approximate surface area is 166 Å². The highest BCUT2D eigenvalue weighted by Gasteiger charge is 2.19. The topological polar surface area (TPSA) is 84.9 Å². The number of ether oxygens (including phenoxy) is 2. The van der Waals surface area contributed by atoms with E-state index in [4.69, 9.17) is 9.47 Å². The molecule has 1 atom stereocenters. The van der Waals surface area contributed by atoms with Gasteiger partial charge in [-0.1, -0.05) is 18.2 Å². The highest BCUT2D eigenvalue weighted by molar-refractivity contribution is 7.89. The zero-order chi connectivity index (χ0) is 20.9. The molecule has 0 saturated heterocycles. The molecule has 1 unspecified atom stereocenters. The van der Waals surface area contributed by atoms with Crippen LogP contribution >= 0.6 is 0 Å². The van der Waals surface area contributed by atoms with Gasteiger partial charge in [0.2, 0.25) is 10.0 Å². The van der Waals surface area contributed by atoms with Gasteiger partial charge in [0.05, 0.1) is 18.0 Å². The Morgan fingerprint density at radius 2 is 1.82 bits per heavy atom. The van der Waals surface area contributed by atoms with Crippen molar-refractivity contribution in [2.75, 3.05) is 27.8 Å². The molecule has 0 fully saturated rings. The van der Waals surface area contributed by atoms with Crippen molar-refractivity contribution < 1.29 is 22.7 Å². The summed E-state index contributed by atoms with van der Waals surface area (Å²) >= 11 is 0. The molecule has 0 radical (unpaired) electrons. The fourth-order valence-electron chi connectivity index (χ4n) is 2.68. The molecule has 1 N–H and O–H groups in total. The zero-order valence-corrected chi connectivity index (χ0v) is 17.5. The Balaban J connectivity index is 2.01. The van der Waals surface area contributed by atoms with E-state index < -0.39 is 10.0 Å². The first-order chi connectivity index (χ1) is 13.2. The first-order valence-electron chi connectivity index (χ1n) is 8.75. The molecule has 0 aromatic heterocycles. The van der Waals surface area contributed by atoms with Crippen LogP contribution in [0.1, 0.15) is 24.1 Å². The second-order valence-corrected chi connectivity index (χ2v) is 8.69. The maximum atomic E-state index is 12.2. The van der Waals surface area contributed by atoms with Crippen LogP contribution in [0, 0.1) is 6.92 Å². The van der Waals surface area contributed by atoms with Crippen LogP contribution in [0.4, 0.5) is 0 Å². The molecule has 1 amide bonds. The minimum Gasteiger partial charge on any atom is -0.496 e. The van der Waals surface area contributed by atoms with Crippen molar-refractivity contribution in [3.63, 3.8) is 0 Å². The molecule has 0 spiro atoms. The van der Waals surface area contributed by atoms with Gasteiger partial charge in [0.15, 0.2) is 6.61 Å². The minimum atomic E-state index is -3.51. The Hall–Kier alpha value is -2.58. The normalized spacial score (nSPS) is 12.5. The van der Waals surface area contributed by atoms with Crippen LogP contribution in [-0.4, -0.2) is 46.4 Å². The molecule has 28 heavy (non-hydrogen) atoms. The molecule has 8 heteroatoms. The summed E-state index contributed by atoms with van der Waals surface area (Å²) in [7, 11) is 1.02. The predicted octanol–water partition coefficient (Wildman–Crippen LogP) is 2.51. The van der Waals surface area contributed by atoms with Crippen molar-refractivity contribution in [3.8, 4) is 11.5 Å². The number of hydrogen-bond acceptors (Lipinski definition) is 5. The van der Waals surface area contributed by atoms with E-state index in [9.17, 15) is 13.2 Å². The second-order valence-electron chi connectivity index (χ2n) is 6.53.